The van der Waals surface area contributed by atoms with E-state index < -0.39 is 5.91 Å². The maximum atomic E-state index is 11.6. The zero-order valence-electron chi connectivity index (χ0n) is 12.2. The van der Waals surface area contributed by atoms with Crippen LogP contribution in [0.25, 0.3) is 0 Å². The Hall–Kier alpha value is -1.07. The van der Waals surface area contributed by atoms with Crippen LogP contribution in [0.5, 0.6) is 0 Å². The van der Waals surface area contributed by atoms with Gasteiger partial charge in [-0.05, 0) is 31.2 Å². The molecule has 0 saturated heterocycles. The zero-order valence-corrected chi connectivity index (χ0v) is 13.8. The van der Waals surface area contributed by atoms with Crippen LogP contribution in [0.15, 0.2) is 12.1 Å². The van der Waals surface area contributed by atoms with Gasteiger partial charge in [0.05, 0.1) is 16.3 Å². The first kappa shape index (κ1) is 16.3. The molecule has 6 heteroatoms. The molecule has 1 aliphatic rings. The lowest BCUT2D eigenvalue weighted by molar-refractivity contribution is 0.100. The highest BCUT2D eigenvalue weighted by Gasteiger charge is 2.31. The lowest BCUT2D eigenvalue weighted by Gasteiger charge is -2.36. The summed E-state index contributed by atoms with van der Waals surface area (Å²) in [6.07, 6.45) is 8.31. The van der Waals surface area contributed by atoms with Crippen LogP contribution in [0.1, 0.15) is 42.5 Å². The summed E-state index contributed by atoms with van der Waals surface area (Å²) in [5.41, 5.74) is 12.6. The highest BCUT2D eigenvalue weighted by molar-refractivity contribution is 8.00. The summed E-state index contributed by atoms with van der Waals surface area (Å²) >= 11 is 8.12. The first-order valence-corrected chi connectivity index (χ1v) is 8.75. The number of amides is 1. The highest BCUT2D eigenvalue weighted by Crippen LogP contribution is 2.39. The standard InChI is InChI=1S/C15H22ClN3OS/c1-21-15(5-3-2-4-6-15)9-19-13-11(14(18)20)7-10(17)8-12(13)16/h7-8,19H,2-6,9,17H2,1H3,(H2,18,20). The molecule has 0 aromatic heterocycles. The van der Waals surface area contributed by atoms with Crippen molar-refractivity contribution in [3.05, 3.63) is 22.7 Å². The fourth-order valence-electron chi connectivity index (χ4n) is 2.90. The molecule has 2 rings (SSSR count). The van der Waals surface area contributed by atoms with Gasteiger partial charge >= 0.3 is 0 Å². The number of hydrogen-bond donors (Lipinski definition) is 3. The quantitative estimate of drug-likeness (QED) is 0.723. The number of nitrogens with one attached hydrogen (secondary N) is 1. The minimum Gasteiger partial charge on any atom is -0.399 e. The Bertz CT molecular complexity index is 530. The van der Waals surface area contributed by atoms with Crippen molar-refractivity contribution in [3.63, 3.8) is 0 Å². The monoisotopic (exact) mass is 327 g/mol. The second-order valence-electron chi connectivity index (χ2n) is 5.59. The molecule has 1 fully saturated rings. The Morgan fingerprint density at radius 3 is 2.62 bits per heavy atom. The Morgan fingerprint density at radius 1 is 1.38 bits per heavy atom. The molecule has 4 nitrogen and oxygen atoms in total. The predicted molar refractivity (Wildman–Crippen MR) is 92.2 cm³/mol. The summed E-state index contributed by atoms with van der Waals surface area (Å²) in [6.45, 7) is 0.776. The van der Waals surface area contributed by atoms with E-state index in [0.29, 0.717) is 22.0 Å². The molecule has 1 saturated carbocycles. The topological polar surface area (TPSA) is 81.1 Å². The summed E-state index contributed by atoms with van der Waals surface area (Å²) in [5, 5.41) is 3.78. The van der Waals surface area contributed by atoms with Crippen LogP contribution in [-0.4, -0.2) is 23.5 Å². The molecule has 0 unspecified atom stereocenters. The van der Waals surface area contributed by atoms with Gasteiger partial charge in [0, 0.05) is 17.0 Å². The van der Waals surface area contributed by atoms with E-state index in [0.717, 1.165) is 6.54 Å². The maximum Gasteiger partial charge on any atom is 0.250 e. The largest absolute Gasteiger partial charge is 0.399 e. The number of anilines is 2. The predicted octanol–water partition coefficient (Wildman–Crippen LogP) is 3.50. The van der Waals surface area contributed by atoms with Crippen molar-refractivity contribution >= 4 is 40.6 Å². The first-order valence-electron chi connectivity index (χ1n) is 7.15. The molecule has 1 aliphatic carbocycles. The summed E-state index contributed by atoms with van der Waals surface area (Å²) in [4.78, 5) is 11.6. The molecule has 0 atom stereocenters. The number of carbonyl (C=O) groups excluding carboxylic acids is 1. The number of hydrogen-bond acceptors (Lipinski definition) is 4. The minimum atomic E-state index is -0.520. The fourth-order valence-corrected chi connectivity index (χ4v) is 4.11. The normalized spacial score (nSPS) is 17.4. The number of rotatable bonds is 5. The van der Waals surface area contributed by atoms with E-state index in [-0.39, 0.29) is 4.75 Å². The molecule has 21 heavy (non-hydrogen) atoms. The van der Waals surface area contributed by atoms with Crippen LogP contribution in [0.4, 0.5) is 11.4 Å². The second-order valence-corrected chi connectivity index (χ2v) is 7.27. The van der Waals surface area contributed by atoms with Gasteiger partial charge in [0.1, 0.15) is 0 Å². The number of carbonyl (C=O) groups is 1. The SMILES string of the molecule is CSC1(CNc2c(Cl)cc(N)cc2C(N)=O)CCCCC1. The number of thioether (sulfide) groups is 1. The number of benzene rings is 1. The Labute approximate surface area is 135 Å². The molecule has 0 aliphatic heterocycles. The number of primary amides is 1. The van der Waals surface area contributed by atoms with Gasteiger partial charge in [0.2, 0.25) is 0 Å². The van der Waals surface area contributed by atoms with Crippen molar-refractivity contribution in [2.45, 2.75) is 36.9 Å². The fraction of sp³-hybridized carbons (Fsp3) is 0.533. The molecule has 0 bridgehead atoms. The van der Waals surface area contributed by atoms with Crippen LogP contribution < -0.4 is 16.8 Å². The van der Waals surface area contributed by atoms with E-state index in [4.69, 9.17) is 23.1 Å². The van der Waals surface area contributed by atoms with Crippen LogP contribution in [0.2, 0.25) is 5.02 Å². The van der Waals surface area contributed by atoms with Gasteiger partial charge in [-0.15, -0.1) is 0 Å². The number of nitrogens with two attached hydrogens (primary N) is 2. The van der Waals surface area contributed by atoms with Crippen molar-refractivity contribution in [1.82, 2.24) is 0 Å². The summed E-state index contributed by atoms with van der Waals surface area (Å²) in [5.74, 6) is -0.520. The molecule has 1 amide bonds. The molecular formula is C15H22ClN3OS. The van der Waals surface area contributed by atoms with Crippen LogP contribution in [-0.2, 0) is 0 Å². The average molecular weight is 328 g/mol. The first-order chi connectivity index (χ1) is 9.97. The van der Waals surface area contributed by atoms with Crippen LogP contribution in [0, 0.1) is 0 Å². The van der Waals surface area contributed by atoms with Gasteiger partial charge < -0.3 is 16.8 Å². The molecular weight excluding hydrogens is 306 g/mol. The van der Waals surface area contributed by atoms with E-state index in [1.54, 1.807) is 12.1 Å². The molecule has 1 aromatic carbocycles. The smallest absolute Gasteiger partial charge is 0.250 e. The molecule has 5 N–H and O–H groups in total. The lowest BCUT2D eigenvalue weighted by Crippen LogP contribution is -2.36. The number of nitrogen functional groups attached to an aromatic ring is 1. The van der Waals surface area contributed by atoms with E-state index in [9.17, 15) is 4.79 Å². The summed E-state index contributed by atoms with van der Waals surface area (Å²) in [6, 6.07) is 3.21. The Kier molecular flexibility index (Phi) is 5.27. The van der Waals surface area contributed by atoms with Crippen LogP contribution in [0.3, 0.4) is 0 Å². The van der Waals surface area contributed by atoms with E-state index in [1.807, 2.05) is 11.8 Å². The zero-order chi connectivity index (χ0) is 15.5. The van der Waals surface area contributed by atoms with Crippen molar-refractivity contribution < 1.29 is 4.79 Å². The highest BCUT2D eigenvalue weighted by atomic mass is 35.5. The minimum absolute atomic E-state index is 0.206. The van der Waals surface area contributed by atoms with E-state index >= 15 is 0 Å². The van der Waals surface area contributed by atoms with Crippen molar-refractivity contribution in [3.8, 4) is 0 Å². The van der Waals surface area contributed by atoms with Gasteiger partial charge in [-0.3, -0.25) is 4.79 Å². The van der Waals surface area contributed by atoms with Gasteiger partial charge in [-0.1, -0.05) is 30.9 Å². The van der Waals surface area contributed by atoms with Crippen molar-refractivity contribution in [2.24, 2.45) is 5.73 Å². The van der Waals surface area contributed by atoms with Crippen molar-refractivity contribution in [1.29, 1.82) is 0 Å². The lowest BCUT2D eigenvalue weighted by atomic mass is 9.88. The average Bonchev–Trinajstić information content (AvgIpc) is 2.46. The van der Waals surface area contributed by atoms with Gasteiger partial charge in [0.15, 0.2) is 0 Å². The van der Waals surface area contributed by atoms with E-state index in [2.05, 4.69) is 11.6 Å². The molecule has 0 spiro atoms. The molecule has 1 aromatic rings. The van der Waals surface area contributed by atoms with Crippen LogP contribution >= 0.6 is 23.4 Å². The van der Waals surface area contributed by atoms with Gasteiger partial charge in [-0.25, -0.2) is 0 Å². The van der Waals surface area contributed by atoms with Gasteiger partial charge in [-0.2, -0.15) is 11.8 Å². The second kappa shape index (κ2) is 6.79. The molecule has 0 heterocycles. The van der Waals surface area contributed by atoms with Gasteiger partial charge in [0.25, 0.3) is 5.91 Å². The Balaban J connectivity index is 2.21. The third kappa shape index (κ3) is 3.77. The third-order valence-electron chi connectivity index (χ3n) is 4.16. The Morgan fingerprint density at radius 2 is 2.05 bits per heavy atom. The molecule has 116 valence electrons. The number of halogens is 1. The maximum absolute atomic E-state index is 11.6. The summed E-state index contributed by atoms with van der Waals surface area (Å²) in [7, 11) is 0. The third-order valence-corrected chi connectivity index (χ3v) is 5.88. The van der Waals surface area contributed by atoms with Crippen molar-refractivity contribution in [2.75, 3.05) is 23.9 Å². The summed E-state index contributed by atoms with van der Waals surface area (Å²) < 4.78 is 0.206. The van der Waals surface area contributed by atoms with E-state index in [1.165, 1.54) is 32.1 Å². The molecule has 0 radical (unpaired) electrons.